The number of carbonyl (C=O) groups excluding carboxylic acids is 1. The van der Waals surface area contributed by atoms with E-state index in [9.17, 15) is 9.59 Å². The maximum atomic E-state index is 12.5. The Balaban J connectivity index is 1.51. The van der Waals surface area contributed by atoms with E-state index < -0.39 is 5.76 Å². The third-order valence-corrected chi connectivity index (χ3v) is 4.22. The third-order valence-electron chi connectivity index (χ3n) is 4.22. The van der Waals surface area contributed by atoms with Crippen LogP contribution in [0.15, 0.2) is 70.1 Å². The lowest BCUT2D eigenvalue weighted by Gasteiger charge is -2.07. The van der Waals surface area contributed by atoms with Crippen LogP contribution >= 0.6 is 0 Å². The van der Waals surface area contributed by atoms with Gasteiger partial charge in [0.15, 0.2) is 5.58 Å². The molecule has 0 aliphatic rings. The van der Waals surface area contributed by atoms with Gasteiger partial charge < -0.3 is 9.73 Å². The smallest absolute Gasteiger partial charge is 0.407 e. The van der Waals surface area contributed by atoms with Crippen LogP contribution in [0.3, 0.4) is 0 Å². The van der Waals surface area contributed by atoms with Gasteiger partial charge in [0.25, 0.3) is 5.91 Å². The average molecular weight is 348 g/mol. The number of benzene rings is 2. The van der Waals surface area contributed by atoms with Crippen LogP contribution in [-0.2, 0) is 13.6 Å². The molecule has 130 valence electrons. The van der Waals surface area contributed by atoms with Crippen molar-refractivity contribution in [3.63, 3.8) is 0 Å². The van der Waals surface area contributed by atoms with E-state index in [-0.39, 0.29) is 5.91 Å². The molecule has 0 aliphatic carbocycles. The molecule has 0 bridgehead atoms. The molecule has 0 spiro atoms. The molecule has 0 fully saturated rings. The van der Waals surface area contributed by atoms with Gasteiger partial charge in [-0.05, 0) is 35.9 Å². The zero-order chi connectivity index (χ0) is 18.1. The summed E-state index contributed by atoms with van der Waals surface area (Å²) in [5, 5.41) is 7.03. The van der Waals surface area contributed by atoms with Crippen molar-refractivity contribution in [2.24, 2.45) is 7.05 Å². The summed E-state index contributed by atoms with van der Waals surface area (Å²) in [7, 11) is 1.61. The van der Waals surface area contributed by atoms with E-state index in [4.69, 9.17) is 4.42 Å². The lowest BCUT2D eigenvalue weighted by molar-refractivity contribution is 0.0951. The second-order valence-corrected chi connectivity index (χ2v) is 5.88. The van der Waals surface area contributed by atoms with Crippen LogP contribution in [0.4, 0.5) is 0 Å². The molecule has 0 saturated heterocycles. The van der Waals surface area contributed by atoms with Crippen LogP contribution in [0.2, 0.25) is 0 Å². The molecule has 0 aliphatic heterocycles. The summed E-state index contributed by atoms with van der Waals surface area (Å²) < 4.78 is 8.34. The molecule has 4 aromatic rings. The van der Waals surface area contributed by atoms with E-state index in [2.05, 4.69) is 10.4 Å². The van der Waals surface area contributed by atoms with Gasteiger partial charge in [0, 0.05) is 26.0 Å². The van der Waals surface area contributed by atoms with Crippen molar-refractivity contribution in [2.45, 2.75) is 6.54 Å². The summed E-state index contributed by atoms with van der Waals surface area (Å²) in [4.78, 5) is 24.2. The van der Waals surface area contributed by atoms with Gasteiger partial charge in [-0.25, -0.2) is 9.48 Å². The number of fused-ring (bicyclic) bond motifs is 1. The molecular formula is C19H16N4O3. The number of carbonyl (C=O) groups is 1. The number of hydrogen-bond donors (Lipinski definition) is 1. The Labute approximate surface area is 148 Å². The highest BCUT2D eigenvalue weighted by Gasteiger charge is 2.15. The van der Waals surface area contributed by atoms with E-state index in [0.717, 1.165) is 11.3 Å². The minimum absolute atomic E-state index is 0.291. The monoisotopic (exact) mass is 348 g/mol. The second kappa shape index (κ2) is 6.36. The molecule has 2 aromatic carbocycles. The molecule has 0 radical (unpaired) electrons. The first-order chi connectivity index (χ1) is 12.6. The molecule has 0 saturated carbocycles. The number of nitrogens with one attached hydrogen (secondary N) is 1. The molecule has 7 heteroatoms. The summed E-state index contributed by atoms with van der Waals surface area (Å²) in [6.45, 7) is 0.367. The van der Waals surface area contributed by atoms with Crippen LogP contribution in [0, 0.1) is 0 Å². The Morgan fingerprint density at radius 1 is 1.15 bits per heavy atom. The summed E-state index contributed by atoms with van der Waals surface area (Å²) in [6.07, 6.45) is 3.59. The molecular weight excluding hydrogens is 332 g/mol. The Morgan fingerprint density at radius 2 is 1.96 bits per heavy atom. The van der Waals surface area contributed by atoms with Crippen LogP contribution in [0.5, 0.6) is 0 Å². The zero-order valence-electron chi connectivity index (χ0n) is 14.0. The first-order valence-corrected chi connectivity index (χ1v) is 8.09. The van der Waals surface area contributed by atoms with Gasteiger partial charge in [0.05, 0.1) is 16.8 Å². The van der Waals surface area contributed by atoms with Gasteiger partial charge in [0.2, 0.25) is 0 Å². The van der Waals surface area contributed by atoms with Gasteiger partial charge in [0.1, 0.15) is 0 Å². The Bertz CT molecular complexity index is 1120. The Kier molecular flexibility index (Phi) is 3.89. The summed E-state index contributed by atoms with van der Waals surface area (Å²) in [6, 6.07) is 14.7. The molecule has 4 rings (SSSR count). The quantitative estimate of drug-likeness (QED) is 0.613. The largest absolute Gasteiger partial charge is 0.419 e. The molecule has 7 nitrogen and oxygen atoms in total. The fraction of sp³-hybridized carbons (Fsp3) is 0.105. The van der Waals surface area contributed by atoms with Gasteiger partial charge in [-0.1, -0.05) is 18.2 Å². The third kappa shape index (κ3) is 2.79. The van der Waals surface area contributed by atoms with Crippen LogP contribution < -0.4 is 11.1 Å². The van der Waals surface area contributed by atoms with Gasteiger partial charge >= 0.3 is 5.76 Å². The fourth-order valence-corrected chi connectivity index (χ4v) is 2.79. The maximum absolute atomic E-state index is 12.5. The Morgan fingerprint density at radius 3 is 2.69 bits per heavy atom. The number of oxazole rings is 1. The van der Waals surface area contributed by atoms with Gasteiger partial charge in [-0.15, -0.1) is 0 Å². The van der Waals surface area contributed by atoms with Crippen molar-refractivity contribution in [1.82, 2.24) is 19.7 Å². The number of hydrogen-bond acceptors (Lipinski definition) is 4. The number of amides is 1. The number of para-hydroxylation sites is 1. The summed E-state index contributed by atoms with van der Waals surface area (Å²) in [5.41, 5.74) is 3.13. The second-order valence-electron chi connectivity index (χ2n) is 5.88. The minimum atomic E-state index is -0.491. The highest BCUT2D eigenvalue weighted by atomic mass is 16.4. The van der Waals surface area contributed by atoms with E-state index in [1.165, 1.54) is 4.57 Å². The molecule has 2 heterocycles. The lowest BCUT2D eigenvalue weighted by Crippen LogP contribution is -2.22. The van der Waals surface area contributed by atoms with E-state index >= 15 is 0 Å². The maximum Gasteiger partial charge on any atom is 0.419 e. The first kappa shape index (κ1) is 15.9. The van der Waals surface area contributed by atoms with E-state index in [1.54, 1.807) is 36.1 Å². The average Bonchev–Trinajstić information content (AvgIpc) is 3.29. The van der Waals surface area contributed by atoms with Crippen LogP contribution in [0.25, 0.3) is 16.8 Å². The molecule has 0 atom stereocenters. The van der Waals surface area contributed by atoms with Crippen molar-refractivity contribution < 1.29 is 9.21 Å². The van der Waals surface area contributed by atoms with Crippen molar-refractivity contribution >= 4 is 17.0 Å². The SMILES string of the molecule is Cn1c(=O)oc2c(C(=O)NCc3ccc(-n4cccn4)cc3)cccc21. The van der Waals surface area contributed by atoms with Crippen molar-refractivity contribution in [2.75, 3.05) is 0 Å². The predicted octanol–water partition coefficient (Wildman–Crippen LogP) is 2.25. The predicted molar refractivity (Wildman–Crippen MR) is 96.2 cm³/mol. The zero-order valence-corrected chi connectivity index (χ0v) is 14.0. The fourth-order valence-electron chi connectivity index (χ4n) is 2.79. The summed E-state index contributed by atoms with van der Waals surface area (Å²) in [5.74, 6) is -0.782. The molecule has 2 aromatic heterocycles. The van der Waals surface area contributed by atoms with Crippen molar-refractivity contribution in [1.29, 1.82) is 0 Å². The van der Waals surface area contributed by atoms with Crippen LogP contribution in [-0.4, -0.2) is 20.3 Å². The molecule has 0 unspecified atom stereocenters. The number of rotatable bonds is 4. The summed E-state index contributed by atoms with van der Waals surface area (Å²) >= 11 is 0. The normalized spacial score (nSPS) is 11.0. The lowest BCUT2D eigenvalue weighted by atomic mass is 10.1. The highest BCUT2D eigenvalue weighted by Crippen LogP contribution is 2.17. The van der Waals surface area contributed by atoms with Crippen molar-refractivity contribution in [3.05, 3.63) is 82.6 Å². The van der Waals surface area contributed by atoms with Gasteiger partial charge in [-0.2, -0.15) is 5.10 Å². The first-order valence-electron chi connectivity index (χ1n) is 8.09. The van der Waals surface area contributed by atoms with Crippen LogP contribution in [0.1, 0.15) is 15.9 Å². The van der Waals surface area contributed by atoms with E-state index in [1.807, 2.05) is 36.5 Å². The highest BCUT2D eigenvalue weighted by molar-refractivity contribution is 6.04. The number of aryl methyl sites for hydroxylation is 1. The topological polar surface area (TPSA) is 82.1 Å². The van der Waals surface area contributed by atoms with Crippen molar-refractivity contribution in [3.8, 4) is 5.69 Å². The molecule has 1 N–H and O–H groups in total. The molecule has 1 amide bonds. The standard InChI is InChI=1S/C19H16N4O3/c1-22-16-5-2-4-15(17(16)26-19(22)25)18(24)20-12-13-6-8-14(9-7-13)23-11-3-10-21-23/h2-11H,12H2,1H3,(H,20,24). The molecule has 26 heavy (non-hydrogen) atoms. The Hall–Kier alpha value is -3.61. The number of aromatic nitrogens is 3. The number of nitrogens with zero attached hydrogens (tertiary/aromatic N) is 3. The van der Waals surface area contributed by atoms with Gasteiger partial charge in [-0.3, -0.25) is 9.36 Å². The minimum Gasteiger partial charge on any atom is -0.407 e. The van der Waals surface area contributed by atoms with E-state index in [0.29, 0.717) is 23.2 Å².